The molecule has 0 aliphatic rings. The van der Waals surface area contributed by atoms with Gasteiger partial charge in [-0.05, 0) is 36.8 Å². The van der Waals surface area contributed by atoms with Crippen molar-refractivity contribution in [1.82, 2.24) is 10.1 Å². The van der Waals surface area contributed by atoms with Gasteiger partial charge in [-0.15, -0.1) is 0 Å². The van der Waals surface area contributed by atoms with E-state index >= 15 is 0 Å². The van der Waals surface area contributed by atoms with E-state index in [0.29, 0.717) is 22.9 Å². The van der Waals surface area contributed by atoms with Gasteiger partial charge in [0.1, 0.15) is 5.75 Å². The molecule has 0 unspecified atom stereocenters. The maximum Gasteiger partial charge on any atom is 0.262 e. The smallest absolute Gasteiger partial charge is 0.262 e. The SMILES string of the molecule is COc1ccc(-c2noc(-c3cccc(C)c3O)n2)cc1OC. The molecule has 118 valence electrons. The fourth-order valence-corrected chi connectivity index (χ4v) is 2.26. The van der Waals surface area contributed by atoms with Gasteiger partial charge in [0.05, 0.1) is 19.8 Å². The maximum absolute atomic E-state index is 10.1. The number of aromatic hydroxyl groups is 1. The van der Waals surface area contributed by atoms with Gasteiger partial charge < -0.3 is 19.1 Å². The molecule has 0 bridgehead atoms. The summed E-state index contributed by atoms with van der Waals surface area (Å²) in [6, 6.07) is 10.7. The van der Waals surface area contributed by atoms with Gasteiger partial charge in [0.15, 0.2) is 11.5 Å². The van der Waals surface area contributed by atoms with E-state index in [1.807, 2.05) is 25.1 Å². The molecule has 1 N–H and O–H groups in total. The van der Waals surface area contributed by atoms with Crippen LogP contribution in [0.1, 0.15) is 5.56 Å². The first kappa shape index (κ1) is 14.9. The molecule has 1 heterocycles. The predicted octanol–water partition coefficient (Wildman–Crippen LogP) is 3.43. The van der Waals surface area contributed by atoms with E-state index in [2.05, 4.69) is 10.1 Å². The Morgan fingerprint density at radius 2 is 1.83 bits per heavy atom. The highest BCUT2D eigenvalue weighted by atomic mass is 16.5. The van der Waals surface area contributed by atoms with Gasteiger partial charge in [0.25, 0.3) is 5.89 Å². The molecule has 6 nitrogen and oxygen atoms in total. The van der Waals surface area contributed by atoms with Crippen molar-refractivity contribution in [3.63, 3.8) is 0 Å². The van der Waals surface area contributed by atoms with Crippen LogP contribution in [0.2, 0.25) is 0 Å². The number of phenols is 1. The van der Waals surface area contributed by atoms with Crippen LogP contribution in [0.15, 0.2) is 40.9 Å². The van der Waals surface area contributed by atoms with E-state index in [1.54, 1.807) is 32.4 Å². The first-order valence-corrected chi connectivity index (χ1v) is 6.99. The molecule has 3 rings (SSSR count). The number of hydrogen-bond acceptors (Lipinski definition) is 6. The Hall–Kier alpha value is -3.02. The molecule has 2 aromatic carbocycles. The lowest BCUT2D eigenvalue weighted by molar-refractivity contribution is 0.355. The van der Waals surface area contributed by atoms with Gasteiger partial charge in [-0.1, -0.05) is 17.3 Å². The minimum atomic E-state index is 0.134. The Labute approximate surface area is 133 Å². The number of hydrogen-bond donors (Lipinski definition) is 1. The Balaban J connectivity index is 2.01. The van der Waals surface area contributed by atoms with Crippen LogP contribution in [0.25, 0.3) is 22.8 Å². The molecule has 0 saturated carbocycles. The standard InChI is InChI=1S/C17H16N2O4/c1-10-5-4-6-12(15(10)20)17-18-16(19-23-17)11-7-8-13(21-2)14(9-11)22-3/h4-9,20H,1-3H3. The van der Waals surface area contributed by atoms with Crippen LogP contribution in [0, 0.1) is 6.92 Å². The molecule has 0 aliphatic heterocycles. The minimum absolute atomic E-state index is 0.134. The molecule has 1 aromatic heterocycles. The summed E-state index contributed by atoms with van der Waals surface area (Å²) in [7, 11) is 3.14. The van der Waals surface area contributed by atoms with E-state index in [1.165, 1.54) is 0 Å². The van der Waals surface area contributed by atoms with E-state index in [-0.39, 0.29) is 11.6 Å². The quantitative estimate of drug-likeness (QED) is 0.795. The maximum atomic E-state index is 10.1. The molecule has 0 saturated heterocycles. The summed E-state index contributed by atoms with van der Waals surface area (Å²) in [6.07, 6.45) is 0. The largest absolute Gasteiger partial charge is 0.507 e. The van der Waals surface area contributed by atoms with Crippen LogP contribution < -0.4 is 9.47 Å². The average Bonchev–Trinajstić information content (AvgIpc) is 3.06. The molecule has 0 radical (unpaired) electrons. The Bertz CT molecular complexity index is 842. The van der Waals surface area contributed by atoms with Crippen LogP contribution in [0.3, 0.4) is 0 Å². The summed E-state index contributed by atoms with van der Waals surface area (Å²) in [5, 5.41) is 14.1. The average molecular weight is 312 g/mol. The normalized spacial score (nSPS) is 10.6. The molecular weight excluding hydrogens is 296 g/mol. The van der Waals surface area contributed by atoms with E-state index in [9.17, 15) is 5.11 Å². The zero-order valence-electron chi connectivity index (χ0n) is 13.0. The highest BCUT2D eigenvalue weighted by Gasteiger charge is 2.16. The van der Waals surface area contributed by atoms with Crippen molar-refractivity contribution in [2.45, 2.75) is 6.92 Å². The van der Waals surface area contributed by atoms with Gasteiger partial charge in [-0.2, -0.15) is 4.98 Å². The summed E-state index contributed by atoms with van der Waals surface area (Å²) in [5.41, 5.74) is 1.97. The van der Waals surface area contributed by atoms with E-state index in [4.69, 9.17) is 14.0 Å². The second-order valence-corrected chi connectivity index (χ2v) is 4.96. The summed E-state index contributed by atoms with van der Waals surface area (Å²) in [5.74, 6) is 2.00. The van der Waals surface area contributed by atoms with E-state index in [0.717, 1.165) is 11.1 Å². The first-order valence-electron chi connectivity index (χ1n) is 6.99. The first-order chi connectivity index (χ1) is 11.1. The summed E-state index contributed by atoms with van der Waals surface area (Å²) in [4.78, 5) is 4.35. The number of ether oxygens (including phenoxy) is 2. The zero-order valence-corrected chi connectivity index (χ0v) is 13.0. The van der Waals surface area contributed by atoms with Gasteiger partial charge in [0.2, 0.25) is 5.82 Å². The third-order valence-corrected chi connectivity index (χ3v) is 3.54. The predicted molar refractivity (Wildman–Crippen MR) is 84.7 cm³/mol. The molecule has 6 heteroatoms. The minimum Gasteiger partial charge on any atom is -0.507 e. The molecule has 23 heavy (non-hydrogen) atoms. The van der Waals surface area contributed by atoms with Gasteiger partial charge >= 0.3 is 0 Å². The third kappa shape index (κ3) is 2.70. The Morgan fingerprint density at radius 3 is 2.57 bits per heavy atom. The number of rotatable bonds is 4. The van der Waals surface area contributed by atoms with Gasteiger partial charge in [-0.25, -0.2) is 0 Å². The molecule has 0 atom stereocenters. The number of nitrogens with zero attached hydrogens (tertiary/aromatic N) is 2. The number of aromatic nitrogens is 2. The highest BCUT2D eigenvalue weighted by Crippen LogP contribution is 2.34. The molecular formula is C17H16N2O4. The number of methoxy groups -OCH3 is 2. The number of para-hydroxylation sites is 1. The van der Waals surface area contributed by atoms with E-state index < -0.39 is 0 Å². The number of phenolic OH excluding ortho intramolecular Hbond substituents is 1. The zero-order chi connectivity index (χ0) is 16.4. The summed E-state index contributed by atoms with van der Waals surface area (Å²) < 4.78 is 15.8. The lowest BCUT2D eigenvalue weighted by Gasteiger charge is -2.07. The van der Waals surface area contributed by atoms with Crippen molar-refractivity contribution in [3.05, 3.63) is 42.0 Å². The summed E-state index contributed by atoms with van der Waals surface area (Å²) >= 11 is 0. The van der Waals surface area contributed by atoms with Crippen LogP contribution in [0.4, 0.5) is 0 Å². The van der Waals surface area contributed by atoms with Crippen molar-refractivity contribution in [2.75, 3.05) is 14.2 Å². The fraction of sp³-hybridized carbons (Fsp3) is 0.176. The van der Waals surface area contributed by atoms with Crippen LogP contribution in [-0.2, 0) is 0 Å². The molecule has 0 fully saturated rings. The molecule has 0 aliphatic carbocycles. The Kier molecular flexibility index (Phi) is 3.89. The van der Waals surface area contributed by atoms with Gasteiger partial charge in [-0.3, -0.25) is 0 Å². The van der Waals surface area contributed by atoms with Crippen LogP contribution in [0.5, 0.6) is 17.2 Å². The van der Waals surface area contributed by atoms with Crippen molar-refractivity contribution >= 4 is 0 Å². The lowest BCUT2D eigenvalue weighted by atomic mass is 10.1. The third-order valence-electron chi connectivity index (χ3n) is 3.54. The van der Waals surface area contributed by atoms with Crippen molar-refractivity contribution in [3.8, 4) is 40.1 Å². The fourth-order valence-electron chi connectivity index (χ4n) is 2.26. The topological polar surface area (TPSA) is 77.6 Å². The second-order valence-electron chi connectivity index (χ2n) is 4.96. The van der Waals surface area contributed by atoms with Crippen molar-refractivity contribution < 1.29 is 19.1 Å². The van der Waals surface area contributed by atoms with Crippen molar-refractivity contribution in [2.24, 2.45) is 0 Å². The molecule has 3 aromatic rings. The highest BCUT2D eigenvalue weighted by molar-refractivity contribution is 5.67. The Morgan fingerprint density at radius 1 is 1.04 bits per heavy atom. The summed E-state index contributed by atoms with van der Waals surface area (Å²) in [6.45, 7) is 1.81. The number of aryl methyl sites for hydroxylation is 1. The second kappa shape index (κ2) is 6.00. The van der Waals surface area contributed by atoms with Crippen LogP contribution in [-0.4, -0.2) is 29.5 Å². The van der Waals surface area contributed by atoms with Gasteiger partial charge in [0, 0.05) is 5.56 Å². The van der Waals surface area contributed by atoms with Crippen LogP contribution >= 0.6 is 0 Å². The lowest BCUT2D eigenvalue weighted by Crippen LogP contribution is -1.91. The molecule has 0 amide bonds. The van der Waals surface area contributed by atoms with Crippen molar-refractivity contribution in [1.29, 1.82) is 0 Å². The molecule has 0 spiro atoms. The monoisotopic (exact) mass is 312 g/mol. The number of benzene rings is 2.